The van der Waals surface area contributed by atoms with Gasteiger partial charge in [-0.25, -0.2) is 0 Å². The highest BCUT2D eigenvalue weighted by atomic mass is 16.2. The smallest absolute Gasteiger partial charge is 0.226 e. The second-order valence-corrected chi connectivity index (χ2v) is 4.08. The maximum atomic E-state index is 11.5. The van der Waals surface area contributed by atoms with Crippen LogP contribution in [0.4, 0.5) is 0 Å². The SMILES string of the molecule is CCC1=CN(CC(C)C)C(=O)CC1. The highest BCUT2D eigenvalue weighted by Crippen LogP contribution is 2.19. The lowest BCUT2D eigenvalue weighted by Gasteiger charge is -2.26. The molecule has 13 heavy (non-hydrogen) atoms. The van der Waals surface area contributed by atoms with E-state index in [1.54, 1.807) is 0 Å². The van der Waals surface area contributed by atoms with E-state index < -0.39 is 0 Å². The molecule has 2 nitrogen and oxygen atoms in total. The molecule has 74 valence electrons. The second-order valence-electron chi connectivity index (χ2n) is 4.08. The van der Waals surface area contributed by atoms with Gasteiger partial charge in [-0.1, -0.05) is 26.3 Å². The Balaban J connectivity index is 2.63. The van der Waals surface area contributed by atoms with E-state index in [1.165, 1.54) is 5.57 Å². The van der Waals surface area contributed by atoms with Crippen molar-refractivity contribution in [3.05, 3.63) is 11.8 Å². The van der Waals surface area contributed by atoms with Crippen LogP contribution >= 0.6 is 0 Å². The minimum Gasteiger partial charge on any atom is -0.319 e. The fraction of sp³-hybridized carbons (Fsp3) is 0.727. The molecule has 1 amide bonds. The van der Waals surface area contributed by atoms with Crippen LogP contribution in [-0.2, 0) is 4.79 Å². The molecule has 0 aliphatic carbocycles. The summed E-state index contributed by atoms with van der Waals surface area (Å²) < 4.78 is 0. The van der Waals surface area contributed by atoms with Gasteiger partial charge in [0.05, 0.1) is 0 Å². The van der Waals surface area contributed by atoms with Crippen LogP contribution in [0, 0.1) is 5.92 Å². The summed E-state index contributed by atoms with van der Waals surface area (Å²) in [4.78, 5) is 13.4. The van der Waals surface area contributed by atoms with Gasteiger partial charge in [0.1, 0.15) is 0 Å². The number of hydrogen-bond acceptors (Lipinski definition) is 1. The summed E-state index contributed by atoms with van der Waals surface area (Å²) in [5.74, 6) is 0.835. The van der Waals surface area contributed by atoms with Gasteiger partial charge in [0.25, 0.3) is 0 Å². The highest BCUT2D eigenvalue weighted by molar-refractivity contribution is 5.78. The first-order chi connectivity index (χ1) is 6.13. The van der Waals surface area contributed by atoms with Crippen LogP contribution in [0.1, 0.15) is 40.0 Å². The average molecular weight is 181 g/mol. The molecule has 0 aromatic carbocycles. The van der Waals surface area contributed by atoms with Crippen molar-refractivity contribution in [3.63, 3.8) is 0 Å². The third-order valence-corrected chi connectivity index (χ3v) is 2.33. The zero-order valence-electron chi connectivity index (χ0n) is 8.84. The Bertz CT molecular complexity index is 218. The van der Waals surface area contributed by atoms with E-state index in [2.05, 4.69) is 20.8 Å². The number of rotatable bonds is 3. The minimum absolute atomic E-state index is 0.283. The van der Waals surface area contributed by atoms with Crippen molar-refractivity contribution in [2.75, 3.05) is 6.54 Å². The number of carbonyl (C=O) groups excluding carboxylic acids is 1. The Morgan fingerprint density at radius 2 is 2.15 bits per heavy atom. The van der Waals surface area contributed by atoms with Crippen LogP contribution in [0.5, 0.6) is 0 Å². The molecule has 0 aromatic heterocycles. The molecule has 0 fully saturated rings. The summed E-state index contributed by atoms with van der Waals surface area (Å²) in [6, 6.07) is 0. The quantitative estimate of drug-likeness (QED) is 0.655. The summed E-state index contributed by atoms with van der Waals surface area (Å²) in [7, 11) is 0. The predicted octanol–water partition coefficient (Wildman–Crippen LogP) is 2.56. The van der Waals surface area contributed by atoms with Crippen molar-refractivity contribution in [1.82, 2.24) is 4.90 Å². The summed E-state index contributed by atoms with van der Waals surface area (Å²) in [5, 5.41) is 0. The molecule has 0 spiro atoms. The highest BCUT2D eigenvalue weighted by Gasteiger charge is 2.17. The van der Waals surface area contributed by atoms with Gasteiger partial charge in [0.15, 0.2) is 0 Å². The molecule has 0 saturated carbocycles. The first kappa shape index (κ1) is 10.3. The van der Waals surface area contributed by atoms with E-state index in [1.807, 2.05) is 11.1 Å². The summed E-state index contributed by atoms with van der Waals surface area (Å²) in [6.07, 6.45) is 4.78. The topological polar surface area (TPSA) is 20.3 Å². The van der Waals surface area contributed by atoms with Crippen LogP contribution in [0.3, 0.4) is 0 Å². The third-order valence-electron chi connectivity index (χ3n) is 2.33. The molecule has 0 atom stereocenters. The summed E-state index contributed by atoms with van der Waals surface area (Å²) in [6.45, 7) is 7.29. The predicted molar refractivity (Wildman–Crippen MR) is 54.2 cm³/mol. The Labute approximate surface area is 80.6 Å². The number of allylic oxidation sites excluding steroid dienone is 1. The third kappa shape index (κ3) is 2.87. The molecule has 0 saturated heterocycles. The van der Waals surface area contributed by atoms with Crippen molar-refractivity contribution >= 4 is 5.91 Å². The molecule has 0 aromatic rings. The van der Waals surface area contributed by atoms with Crippen LogP contribution in [0.2, 0.25) is 0 Å². The zero-order valence-corrected chi connectivity index (χ0v) is 8.84. The van der Waals surface area contributed by atoms with Gasteiger partial charge >= 0.3 is 0 Å². The Kier molecular flexibility index (Phi) is 3.52. The van der Waals surface area contributed by atoms with E-state index in [0.29, 0.717) is 12.3 Å². The Morgan fingerprint density at radius 1 is 1.46 bits per heavy atom. The average Bonchev–Trinajstić information content (AvgIpc) is 2.08. The van der Waals surface area contributed by atoms with Gasteiger partial charge in [-0.3, -0.25) is 4.79 Å². The van der Waals surface area contributed by atoms with Gasteiger partial charge in [0.2, 0.25) is 5.91 Å². The molecule has 0 radical (unpaired) electrons. The molecule has 0 unspecified atom stereocenters. The van der Waals surface area contributed by atoms with Crippen LogP contribution in [0.25, 0.3) is 0 Å². The molecule has 0 bridgehead atoms. The van der Waals surface area contributed by atoms with E-state index in [-0.39, 0.29) is 5.91 Å². The molecule has 1 aliphatic rings. The first-order valence-electron chi connectivity index (χ1n) is 5.12. The first-order valence-corrected chi connectivity index (χ1v) is 5.12. The zero-order chi connectivity index (χ0) is 9.84. The van der Waals surface area contributed by atoms with E-state index in [4.69, 9.17) is 0 Å². The number of nitrogens with zero attached hydrogens (tertiary/aromatic N) is 1. The Hall–Kier alpha value is -0.790. The van der Waals surface area contributed by atoms with E-state index >= 15 is 0 Å². The van der Waals surface area contributed by atoms with Crippen molar-refractivity contribution in [1.29, 1.82) is 0 Å². The van der Waals surface area contributed by atoms with Crippen LogP contribution in [-0.4, -0.2) is 17.4 Å². The van der Waals surface area contributed by atoms with Gasteiger partial charge < -0.3 is 4.90 Å². The van der Waals surface area contributed by atoms with Crippen molar-refractivity contribution < 1.29 is 4.79 Å². The van der Waals surface area contributed by atoms with E-state index in [9.17, 15) is 4.79 Å². The molecular formula is C11H19NO. The van der Waals surface area contributed by atoms with Gasteiger partial charge in [-0.05, 0) is 18.8 Å². The van der Waals surface area contributed by atoms with Crippen molar-refractivity contribution in [2.24, 2.45) is 5.92 Å². The second kappa shape index (κ2) is 4.45. The normalized spacial score (nSPS) is 18.0. The van der Waals surface area contributed by atoms with Gasteiger partial charge in [0, 0.05) is 19.2 Å². The van der Waals surface area contributed by atoms with Crippen LogP contribution in [0.15, 0.2) is 11.8 Å². The lowest BCUT2D eigenvalue weighted by molar-refractivity contribution is -0.129. The molecular weight excluding hydrogens is 162 g/mol. The number of carbonyl (C=O) groups is 1. The standard InChI is InChI=1S/C11H19NO/c1-4-10-5-6-11(13)12(8-10)7-9(2)3/h8-9H,4-7H2,1-3H3. The molecule has 1 aliphatic heterocycles. The van der Waals surface area contributed by atoms with E-state index in [0.717, 1.165) is 19.4 Å². The summed E-state index contributed by atoms with van der Waals surface area (Å²) in [5.41, 5.74) is 1.40. The van der Waals surface area contributed by atoms with Gasteiger partial charge in [-0.15, -0.1) is 0 Å². The molecule has 2 heteroatoms. The maximum absolute atomic E-state index is 11.5. The lowest BCUT2D eigenvalue weighted by atomic mass is 10.0. The summed E-state index contributed by atoms with van der Waals surface area (Å²) >= 11 is 0. The lowest BCUT2D eigenvalue weighted by Crippen LogP contribution is -2.32. The number of hydrogen-bond donors (Lipinski definition) is 0. The van der Waals surface area contributed by atoms with Gasteiger partial charge in [-0.2, -0.15) is 0 Å². The minimum atomic E-state index is 0.283. The monoisotopic (exact) mass is 181 g/mol. The Morgan fingerprint density at radius 3 is 2.69 bits per heavy atom. The fourth-order valence-corrected chi connectivity index (χ4v) is 1.58. The molecule has 0 N–H and O–H groups in total. The molecule has 1 heterocycles. The van der Waals surface area contributed by atoms with Crippen molar-refractivity contribution in [2.45, 2.75) is 40.0 Å². The van der Waals surface area contributed by atoms with Crippen LogP contribution < -0.4 is 0 Å². The maximum Gasteiger partial charge on any atom is 0.226 e. The fourth-order valence-electron chi connectivity index (χ4n) is 1.58. The largest absolute Gasteiger partial charge is 0.319 e. The number of amides is 1. The molecule has 1 rings (SSSR count). The van der Waals surface area contributed by atoms with Crippen molar-refractivity contribution in [3.8, 4) is 0 Å².